The van der Waals surface area contributed by atoms with Gasteiger partial charge < -0.3 is 15.5 Å². The summed E-state index contributed by atoms with van der Waals surface area (Å²) in [6, 6.07) is 6.46. The van der Waals surface area contributed by atoms with Gasteiger partial charge in [0.05, 0.1) is 5.69 Å². The number of rotatable bonds is 2. The van der Waals surface area contributed by atoms with Gasteiger partial charge in [0.1, 0.15) is 5.82 Å². The first-order valence-corrected chi connectivity index (χ1v) is 7.78. The van der Waals surface area contributed by atoms with Crippen LogP contribution >= 0.6 is 0 Å². The summed E-state index contributed by atoms with van der Waals surface area (Å²) in [5, 5.41) is 6.08. The van der Waals surface area contributed by atoms with E-state index in [-0.39, 0.29) is 17.5 Å². The summed E-state index contributed by atoms with van der Waals surface area (Å²) in [4.78, 5) is 14.4. The standard InChI is InChI=1S/C16H22FN3O/c17-13-4-1-2-5-14(13)19-16(21)20-11-3-6-15(20)12-7-9-18-10-8-12/h1-2,4-5,12,15,18H,3,6-11H2,(H,19,21). The predicted octanol–water partition coefficient (Wildman–Crippen LogP) is 2.82. The molecule has 5 heteroatoms. The van der Waals surface area contributed by atoms with Gasteiger partial charge in [-0.15, -0.1) is 0 Å². The zero-order valence-corrected chi connectivity index (χ0v) is 12.1. The van der Waals surface area contributed by atoms with Crippen molar-refractivity contribution in [1.82, 2.24) is 10.2 Å². The van der Waals surface area contributed by atoms with Gasteiger partial charge in [-0.3, -0.25) is 0 Å². The number of nitrogens with zero attached hydrogens (tertiary/aromatic N) is 1. The summed E-state index contributed by atoms with van der Waals surface area (Å²) < 4.78 is 13.6. The molecule has 0 bridgehead atoms. The summed E-state index contributed by atoms with van der Waals surface area (Å²) in [7, 11) is 0. The van der Waals surface area contributed by atoms with Crippen molar-refractivity contribution in [3.05, 3.63) is 30.1 Å². The van der Waals surface area contributed by atoms with E-state index in [0.29, 0.717) is 12.0 Å². The number of hydrogen-bond acceptors (Lipinski definition) is 2. The van der Waals surface area contributed by atoms with Crippen molar-refractivity contribution in [2.75, 3.05) is 25.0 Å². The Labute approximate surface area is 124 Å². The molecule has 0 radical (unpaired) electrons. The van der Waals surface area contributed by atoms with Crippen molar-refractivity contribution in [3.8, 4) is 0 Å². The van der Waals surface area contributed by atoms with Crippen molar-refractivity contribution in [3.63, 3.8) is 0 Å². The van der Waals surface area contributed by atoms with Gasteiger partial charge in [0, 0.05) is 12.6 Å². The minimum Gasteiger partial charge on any atom is -0.321 e. The molecule has 4 nitrogen and oxygen atoms in total. The molecule has 2 saturated heterocycles. The second-order valence-corrected chi connectivity index (χ2v) is 5.90. The molecule has 2 heterocycles. The molecule has 2 aliphatic rings. The van der Waals surface area contributed by atoms with Gasteiger partial charge in [-0.1, -0.05) is 12.1 Å². The van der Waals surface area contributed by atoms with E-state index in [4.69, 9.17) is 0 Å². The Morgan fingerprint density at radius 2 is 2.00 bits per heavy atom. The third kappa shape index (κ3) is 3.18. The Kier molecular flexibility index (Phi) is 4.39. The molecule has 2 fully saturated rings. The number of likely N-dealkylation sites (tertiary alicyclic amines) is 1. The minimum atomic E-state index is -0.386. The highest BCUT2D eigenvalue weighted by Crippen LogP contribution is 2.30. The monoisotopic (exact) mass is 291 g/mol. The molecule has 2 aliphatic heterocycles. The lowest BCUT2D eigenvalue weighted by molar-refractivity contribution is 0.170. The molecule has 1 atom stereocenters. The molecule has 1 aromatic carbocycles. The van der Waals surface area contributed by atoms with Crippen molar-refractivity contribution >= 4 is 11.7 Å². The first-order chi connectivity index (χ1) is 10.3. The smallest absolute Gasteiger partial charge is 0.321 e. The van der Waals surface area contributed by atoms with Crippen LogP contribution in [0.1, 0.15) is 25.7 Å². The second-order valence-electron chi connectivity index (χ2n) is 5.90. The van der Waals surface area contributed by atoms with E-state index in [1.807, 2.05) is 4.90 Å². The average molecular weight is 291 g/mol. The molecule has 2 N–H and O–H groups in total. The van der Waals surface area contributed by atoms with Crippen molar-refractivity contribution < 1.29 is 9.18 Å². The molecule has 1 unspecified atom stereocenters. The van der Waals surface area contributed by atoms with Crippen LogP contribution in [-0.4, -0.2) is 36.6 Å². The number of benzene rings is 1. The molecule has 21 heavy (non-hydrogen) atoms. The Balaban J connectivity index is 1.67. The Bertz CT molecular complexity index is 502. The van der Waals surface area contributed by atoms with E-state index < -0.39 is 0 Å². The molecule has 1 aromatic rings. The maximum Gasteiger partial charge on any atom is 0.322 e. The Hall–Kier alpha value is -1.62. The van der Waals surface area contributed by atoms with Gasteiger partial charge in [-0.25, -0.2) is 9.18 Å². The van der Waals surface area contributed by atoms with Crippen LogP contribution in [0.15, 0.2) is 24.3 Å². The van der Waals surface area contributed by atoms with E-state index in [1.165, 1.54) is 6.07 Å². The largest absolute Gasteiger partial charge is 0.322 e. The van der Waals surface area contributed by atoms with Crippen molar-refractivity contribution in [2.45, 2.75) is 31.7 Å². The number of carbonyl (C=O) groups excluding carboxylic acids is 1. The number of amides is 2. The molecule has 0 aromatic heterocycles. The maximum atomic E-state index is 13.6. The average Bonchev–Trinajstić information content (AvgIpc) is 3.00. The number of hydrogen-bond donors (Lipinski definition) is 2. The van der Waals surface area contributed by atoms with Crippen LogP contribution < -0.4 is 10.6 Å². The second kappa shape index (κ2) is 6.43. The fourth-order valence-corrected chi connectivity index (χ4v) is 3.51. The SMILES string of the molecule is O=C(Nc1ccccc1F)N1CCCC1C1CCNCC1. The van der Waals surface area contributed by atoms with Gasteiger partial charge in [-0.05, 0) is 56.8 Å². The lowest BCUT2D eigenvalue weighted by atomic mass is 9.89. The molecule has 3 rings (SSSR count). The van der Waals surface area contributed by atoms with E-state index in [2.05, 4.69) is 10.6 Å². The number of piperidine rings is 1. The van der Waals surface area contributed by atoms with Crippen LogP contribution in [0.3, 0.4) is 0 Å². The highest BCUT2D eigenvalue weighted by Gasteiger charge is 2.35. The van der Waals surface area contributed by atoms with Gasteiger partial charge in [0.2, 0.25) is 0 Å². The molecular formula is C16H22FN3O. The van der Waals surface area contributed by atoms with Gasteiger partial charge in [0.15, 0.2) is 0 Å². The molecule has 2 amide bonds. The summed E-state index contributed by atoms with van der Waals surface area (Å²) in [5.41, 5.74) is 0.262. The number of para-hydroxylation sites is 1. The summed E-state index contributed by atoms with van der Waals surface area (Å²) >= 11 is 0. The van der Waals surface area contributed by atoms with Crippen LogP contribution in [0.25, 0.3) is 0 Å². The lowest BCUT2D eigenvalue weighted by Gasteiger charge is -2.34. The highest BCUT2D eigenvalue weighted by atomic mass is 19.1. The molecule has 114 valence electrons. The third-order valence-electron chi connectivity index (χ3n) is 4.60. The quantitative estimate of drug-likeness (QED) is 0.880. The number of anilines is 1. The fraction of sp³-hybridized carbons (Fsp3) is 0.562. The topological polar surface area (TPSA) is 44.4 Å². The first kappa shape index (κ1) is 14.3. The van der Waals surface area contributed by atoms with Crippen LogP contribution in [0.2, 0.25) is 0 Å². The van der Waals surface area contributed by atoms with Gasteiger partial charge in [0.25, 0.3) is 0 Å². The lowest BCUT2D eigenvalue weighted by Crippen LogP contribution is -2.45. The van der Waals surface area contributed by atoms with Crippen LogP contribution in [-0.2, 0) is 0 Å². The third-order valence-corrected chi connectivity index (χ3v) is 4.60. The number of halogens is 1. The van der Waals surface area contributed by atoms with E-state index >= 15 is 0 Å². The number of nitrogens with one attached hydrogen (secondary N) is 2. The van der Waals surface area contributed by atoms with E-state index in [0.717, 1.165) is 45.3 Å². The molecule has 0 spiro atoms. The van der Waals surface area contributed by atoms with Crippen molar-refractivity contribution in [2.24, 2.45) is 5.92 Å². The van der Waals surface area contributed by atoms with Crippen LogP contribution in [0.4, 0.5) is 14.9 Å². The normalized spacial score (nSPS) is 23.3. The highest BCUT2D eigenvalue weighted by molar-refractivity contribution is 5.89. The predicted molar refractivity (Wildman–Crippen MR) is 80.7 cm³/mol. The summed E-state index contributed by atoms with van der Waals surface area (Å²) in [6.45, 7) is 2.84. The van der Waals surface area contributed by atoms with E-state index in [9.17, 15) is 9.18 Å². The molecule has 0 saturated carbocycles. The first-order valence-electron chi connectivity index (χ1n) is 7.78. The molecular weight excluding hydrogens is 269 g/mol. The van der Waals surface area contributed by atoms with Gasteiger partial charge in [-0.2, -0.15) is 0 Å². The Morgan fingerprint density at radius 3 is 2.76 bits per heavy atom. The van der Waals surface area contributed by atoms with Crippen LogP contribution in [0.5, 0.6) is 0 Å². The fourth-order valence-electron chi connectivity index (χ4n) is 3.51. The van der Waals surface area contributed by atoms with Gasteiger partial charge >= 0.3 is 6.03 Å². The number of carbonyl (C=O) groups is 1. The minimum absolute atomic E-state index is 0.166. The van der Waals surface area contributed by atoms with E-state index in [1.54, 1.807) is 18.2 Å². The Morgan fingerprint density at radius 1 is 1.24 bits per heavy atom. The van der Waals surface area contributed by atoms with Crippen LogP contribution in [0, 0.1) is 11.7 Å². The summed E-state index contributed by atoms with van der Waals surface area (Å²) in [6.07, 6.45) is 4.34. The van der Waals surface area contributed by atoms with Crippen molar-refractivity contribution in [1.29, 1.82) is 0 Å². The summed E-state index contributed by atoms with van der Waals surface area (Å²) in [5.74, 6) is 0.184. The zero-order valence-electron chi connectivity index (χ0n) is 12.1. The number of urea groups is 1. The molecule has 0 aliphatic carbocycles. The zero-order chi connectivity index (χ0) is 14.7. The maximum absolute atomic E-state index is 13.6.